The molecule has 56 heavy (non-hydrogen) atoms. The fraction of sp³-hybridized carbons (Fsp3) is 0.580. The van der Waals surface area contributed by atoms with Gasteiger partial charge < -0.3 is 14.2 Å². The van der Waals surface area contributed by atoms with E-state index in [4.69, 9.17) is 14.2 Å². The third kappa shape index (κ3) is 41.2. The summed E-state index contributed by atoms with van der Waals surface area (Å²) in [7, 11) is 0. The van der Waals surface area contributed by atoms with E-state index >= 15 is 0 Å². The van der Waals surface area contributed by atoms with Gasteiger partial charge in [-0.2, -0.15) is 0 Å². The van der Waals surface area contributed by atoms with Crippen LogP contribution < -0.4 is 0 Å². The predicted octanol–water partition coefficient (Wildman–Crippen LogP) is 14.0. The van der Waals surface area contributed by atoms with Gasteiger partial charge >= 0.3 is 17.9 Å². The number of allylic oxidation sites excluding steroid dienone is 18. The first kappa shape index (κ1) is 52.1. The lowest BCUT2D eigenvalue weighted by Crippen LogP contribution is -2.30. The zero-order chi connectivity index (χ0) is 40.8. The van der Waals surface area contributed by atoms with Crippen molar-refractivity contribution in [3.05, 3.63) is 109 Å². The average molecular weight is 775 g/mol. The van der Waals surface area contributed by atoms with Gasteiger partial charge in [0.2, 0.25) is 0 Å². The predicted molar refractivity (Wildman–Crippen MR) is 237 cm³/mol. The van der Waals surface area contributed by atoms with Crippen molar-refractivity contribution in [3.8, 4) is 0 Å². The van der Waals surface area contributed by atoms with Gasteiger partial charge in [-0.1, -0.05) is 156 Å². The second-order valence-corrected chi connectivity index (χ2v) is 13.8. The number of ether oxygens (including phenoxy) is 3. The van der Waals surface area contributed by atoms with Gasteiger partial charge in [0.05, 0.1) is 0 Å². The van der Waals surface area contributed by atoms with Gasteiger partial charge in [-0.15, -0.1) is 0 Å². The summed E-state index contributed by atoms with van der Waals surface area (Å²) in [6.07, 6.45) is 58.0. The first-order valence-corrected chi connectivity index (χ1v) is 21.9. The van der Waals surface area contributed by atoms with Crippen molar-refractivity contribution >= 4 is 17.9 Å². The van der Waals surface area contributed by atoms with E-state index in [0.29, 0.717) is 19.3 Å². The van der Waals surface area contributed by atoms with Gasteiger partial charge in [0.25, 0.3) is 0 Å². The van der Waals surface area contributed by atoms with E-state index in [2.05, 4.69) is 118 Å². The third-order valence-electron chi connectivity index (χ3n) is 8.49. The lowest BCUT2D eigenvalue weighted by Gasteiger charge is -2.18. The van der Waals surface area contributed by atoms with E-state index in [-0.39, 0.29) is 38.0 Å². The molecule has 0 heterocycles. The van der Waals surface area contributed by atoms with Crippen LogP contribution in [-0.2, 0) is 28.6 Å². The molecule has 0 aromatic rings. The molecule has 0 N–H and O–H groups in total. The van der Waals surface area contributed by atoms with Crippen LogP contribution in [0.15, 0.2) is 109 Å². The molecule has 0 amide bonds. The van der Waals surface area contributed by atoms with E-state index in [9.17, 15) is 14.4 Å². The van der Waals surface area contributed by atoms with Crippen LogP contribution in [0.3, 0.4) is 0 Å². The van der Waals surface area contributed by atoms with Gasteiger partial charge in [0.1, 0.15) is 13.2 Å². The molecular weight excluding hydrogens is 697 g/mol. The molecule has 0 fully saturated rings. The van der Waals surface area contributed by atoms with Crippen LogP contribution in [0.2, 0.25) is 0 Å². The van der Waals surface area contributed by atoms with Crippen molar-refractivity contribution in [3.63, 3.8) is 0 Å². The number of unbranched alkanes of at least 4 members (excludes halogenated alkanes) is 8. The molecule has 0 rings (SSSR count). The summed E-state index contributed by atoms with van der Waals surface area (Å²) < 4.78 is 16.5. The Labute approximate surface area is 342 Å². The Kier molecular flexibility index (Phi) is 40.7. The number of hydrogen-bond donors (Lipinski definition) is 0. The van der Waals surface area contributed by atoms with Crippen molar-refractivity contribution in [2.45, 2.75) is 175 Å². The smallest absolute Gasteiger partial charge is 0.306 e. The SMILES string of the molecule is CC/C=C\C/C=C\C/C=C\C/C=C\CCCCC(=O)OCC(COC(=O)CCCCCCC/C=C\CCC)OC(=O)CC/C=C\C/C=C\C/C=C\C/C=C\CC. The maximum Gasteiger partial charge on any atom is 0.306 e. The van der Waals surface area contributed by atoms with E-state index in [1.807, 2.05) is 12.2 Å². The minimum absolute atomic E-state index is 0.127. The van der Waals surface area contributed by atoms with Crippen molar-refractivity contribution in [2.24, 2.45) is 0 Å². The van der Waals surface area contributed by atoms with E-state index in [0.717, 1.165) is 103 Å². The van der Waals surface area contributed by atoms with Gasteiger partial charge in [-0.05, 0) is 103 Å². The Bertz CT molecular complexity index is 1210. The Morgan fingerprint density at radius 3 is 1.21 bits per heavy atom. The second-order valence-electron chi connectivity index (χ2n) is 13.8. The molecule has 0 saturated carbocycles. The summed E-state index contributed by atoms with van der Waals surface area (Å²) in [5.41, 5.74) is 0. The summed E-state index contributed by atoms with van der Waals surface area (Å²) in [6, 6.07) is 0. The summed E-state index contributed by atoms with van der Waals surface area (Å²) in [5, 5.41) is 0. The van der Waals surface area contributed by atoms with Crippen LogP contribution in [0.1, 0.15) is 168 Å². The lowest BCUT2D eigenvalue weighted by atomic mass is 10.1. The highest BCUT2D eigenvalue weighted by atomic mass is 16.6. The maximum atomic E-state index is 12.7. The molecule has 0 aromatic heterocycles. The van der Waals surface area contributed by atoms with Gasteiger partial charge in [-0.25, -0.2) is 0 Å². The summed E-state index contributed by atoms with van der Waals surface area (Å²) in [4.78, 5) is 37.6. The largest absolute Gasteiger partial charge is 0.462 e. The van der Waals surface area contributed by atoms with E-state index in [1.165, 1.54) is 12.8 Å². The van der Waals surface area contributed by atoms with E-state index < -0.39 is 12.1 Å². The van der Waals surface area contributed by atoms with Crippen LogP contribution >= 0.6 is 0 Å². The second kappa shape index (κ2) is 43.8. The molecule has 1 atom stereocenters. The maximum absolute atomic E-state index is 12.7. The molecule has 1 unspecified atom stereocenters. The lowest BCUT2D eigenvalue weighted by molar-refractivity contribution is -0.166. The summed E-state index contributed by atoms with van der Waals surface area (Å²) in [6.45, 7) is 6.19. The number of esters is 3. The molecule has 0 aliphatic heterocycles. The summed E-state index contributed by atoms with van der Waals surface area (Å²) in [5.74, 6) is -1.08. The first-order chi connectivity index (χ1) is 27.5. The van der Waals surface area contributed by atoms with Crippen molar-refractivity contribution in [1.29, 1.82) is 0 Å². The molecule has 0 aromatic carbocycles. The molecule has 0 saturated heterocycles. The molecule has 0 radical (unpaired) electrons. The Morgan fingerprint density at radius 1 is 0.375 bits per heavy atom. The highest BCUT2D eigenvalue weighted by molar-refractivity contribution is 5.71. The number of hydrogen-bond acceptors (Lipinski definition) is 6. The number of rotatable bonds is 37. The van der Waals surface area contributed by atoms with Crippen LogP contribution in [0.5, 0.6) is 0 Å². The minimum Gasteiger partial charge on any atom is -0.462 e. The quantitative estimate of drug-likeness (QED) is 0.0271. The van der Waals surface area contributed by atoms with E-state index in [1.54, 1.807) is 0 Å². The number of carbonyl (C=O) groups is 3. The standard InChI is InChI=1S/C50H78O6/c1-4-7-10-13-16-19-22-24-25-27-28-31-34-37-40-43-49(52)55-46-47(45-54-48(51)42-39-36-33-30-21-18-15-12-9-6-3)56-50(53)44-41-38-35-32-29-26-23-20-17-14-11-8-5-2/h7-8,10-12,15-17,19-20,24-26,28-29,31,35,38,47H,4-6,9,13-14,18,21-23,27,30,32-34,36-37,39-46H2,1-3H3/b10-7-,11-8-,15-12-,19-16-,20-17-,25-24-,29-26-,31-28-,38-35-. The third-order valence-corrected chi connectivity index (χ3v) is 8.49. The summed E-state index contributed by atoms with van der Waals surface area (Å²) >= 11 is 0. The Morgan fingerprint density at radius 2 is 0.732 bits per heavy atom. The van der Waals surface area contributed by atoms with Crippen LogP contribution in [0.4, 0.5) is 0 Å². The fourth-order valence-electron chi connectivity index (χ4n) is 5.27. The topological polar surface area (TPSA) is 78.9 Å². The Hall–Kier alpha value is -3.93. The van der Waals surface area contributed by atoms with Crippen LogP contribution in [0.25, 0.3) is 0 Å². The van der Waals surface area contributed by atoms with Gasteiger partial charge in [0.15, 0.2) is 6.10 Å². The zero-order valence-electron chi connectivity index (χ0n) is 35.6. The normalized spacial score (nSPS) is 13.1. The molecule has 6 nitrogen and oxygen atoms in total. The highest BCUT2D eigenvalue weighted by Crippen LogP contribution is 2.10. The molecule has 0 aliphatic carbocycles. The highest BCUT2D eigenvalue weighted by Gasteiger charge is 2.19. The monoisotopic (exact) mass is 775 g/mol. The Balaban J connectivity index is 4.58. The van der Waals surface area contributed by atoms with Crippen molar-refractivity contribution in [1.82, 2.24) is 0 Å². The molecule has 314 valence electrons. The molecule has 0 spiro atoms. The molecular formula is C50H78O6. The van der Waals surface area contributed by atoms with Gasteiger partial charge in [0, 0.05) is 19.3 Å². The van der Waals surface area contributed by atoms with Gasteiger partial charge in [-0.3, -0.25) is 14.4 Å². The van der Waals surface area contributed by atoms with Crippen LogP contribution in [-0.4, -0.2) is 37.2 Å². The van der Waals surface area contributed by atoms with Crippen molar-refractivity contribution in [2.75, 3.05) is 13.2 Å². The minimum atomic E-state index is -0.835. The van der Waals surface area contributed by atoms with Crippen LogP contribution in [0, 0.1) is 0 Å². The molecule has 6 heteroatoms. The van der Waals surface area contributed by atoms with Crippen molar-refractivity contribution < 1.29 is 28.6 Å². The average Bonchev–Trinajstić information content (AvgIpc) is 3.19. The fourth-order valence-corrected chi connectivity index (χ4v) is 5.27. The zero-order valence-corrected chi connectivity index (χ0v) is 35.6. The molecule has 0 aliphatic rings. The number of carbonyl (C=O) groups excluding carboxylic acids is 3. The molecule has 0 bridgehead atoms. The first-order valence-electron chi connectivity index (χ1n) is 21.9.